The Kier molecular flexibility index (Phi) is 3.60. The van der Waals surface area contributed by atoms with Gasteiger partial charge >= 0.3 is 0 Å². The molecule has 0 bridgehead atoms. The van der Waals surface area contributed by atoms with Gasteiger partial charge in [-0.25, -0.2) is 9.37 Å². The molecule has 3 nitrogen and oxygen atoms in total. The molecule has 4 rings (SSSR count). The average molecular weight is 352 g/mol. The molecule has 0 aliphatic rings. The van der Waals surface area contributed by atoms with Crippen molar-refractivity contribution >= 4 is 48.8 Å². The molecular formula is C18H9FN2OS2. The molecule has 2 heterocycles. The second kappa shape index (κ2) is 5.78. The minimum atomic E-state index is -0.974. The van der Waals surface area contributed by atoms with Gasteiger partial charge in [-0.2, -0.15) is 5.26 Å². The van der Waals surface area contributed by atoms with Crippen LogP contribution in [0.25, 0.3) is 20.3 Å². The molecule has 0 aliphatic carbocycles. The van der Waals surface area contributed by atoms with E-state index in [-0.39, 0.29) is 11.6 Å². The van der Waals surface area contributed by atoms with Gasteiger partial charge in [0.1, 0.15) is 10.8 Å². The highest BCUT2D eigenvalue weighted by Crippen LogP contribution is 2.33. The SMILES string of the molecule is N#C[C@@H](C(=O)c1cc2c(F)cccc2s1)c1nc2ccccc2s1. The van der Waals surface area contributed by atoms with Crippen LogP contribution in [0.2, 0.25) is 0 Å². The minimum absolute atomic E-state index is 0.336. The van der Waals surface area contributed by atoms with Crippen LogP contribution in [0.4, 0.5) is 4.39 Å². The van der Waals surface area contributed by atoms with Gasteiger partial charge in [0.2, 0.25) is 0 Å². The van der Waals surface area contributed by atoms with Crippen LogP contribution in [0, 0.1) is 17.1 Å². The number of nitrogens with zero attached hydrogens (tertiary/aromatic N) is 2. The number of carbonyl (C=O) groups excluding carboxylic acids is 1. The van der Waals surface area contributed by atoms with Crippen molar-refractivity contribution in [1.29, 1.82) is 5.26 Å². The fraction of sp³-hybridized carbons (Fsp3) is 0.0556. The van der Waals surface area contributed by atoms with Crippen LogP contribution in [0.15, 0.2) is 48.5 Å². The summed E-state index contributed by atoms with van der Waals surface area (Å²) in [4.78, 5) is 17.5. The van der Waals surface area contributed by atoms with Crippen molar-refractivity contribution < 1.29 is 9.18 Å². The average Bonchev–Trinajstić information content (AvgIpc) is 3.19. The van der Waals surface area contributed by atoms with Gasteiger partial charge in [-0.05, 0) is 30.3 Å². The summed E-state index contributed by atoms with van der Waals surface area (Å²) in [5.74, 6) is -1.67. The van der Waals surface area contributed by atoms with E-state index < -0.39 is 5.92 Å². The molecule has 2 aromatic heterocycles. The molecule has 0 fully saturated rings. The molecule has 0 spiro atoms. The summed E-state index contributed by atoms with van der Waals surface area (Å²) < 4.78 is 15.5. The maximum atomic E-state index is 13.8. The molecule has 0 N–H and O–H groups in total. The Bertz CT molecular complexity index is 1090. The number of thiazole rings is 1. The third kappa shape index (κ3) is 2.39. The fourth-order valence-corrected chi connectivity index (χ4v) is 4.59. The summed E-state index contributed by atoms with van der Waals surface area (Å²) in [7, 11) is 0. The molecule has 24 heavy (non-hydrogen) atoms. The number of aromatic nitrogens is 1. The quantitative estimate of drug-likeness (QED) is 0.480. The highest BCUT2D eigenvalue weighted by molar-refractivity contribution is 7.21. The maximum absolute atomic E-state index is 13.8. The number of carbonyl (C=O) groups is 1. The van der Waals surface area contributed by atoms with Gasteiger partial charge in [-0.15, -0.1) is 22.7 Å². The molecule has 6 heteroatoms. The van der Waals surface area contributed by atoms with Crippen molar-refractivity contribution in [2.24, 2.45) is 0 Å². The summed E-state index contributed by atoms with van der Waals surface area (Å²) in [6.07, 6.45) is 0. The van der Waals surface area contributed by atoms with Crippen molar-refractivity contribution in [3.63, 3.8) is 0 Å². The largest absolute Gasteiger partial charge is 0.291 e. The fourth-order valence-electron chi connectivity index (χ4n) is 2.53. The van der Waals surface area contributed by atoms with Gasteiger partial charge in [0.05, 0.1) is 21.2 Å². The van der Waals surface area contributed by atoms with E-state index in [0.29, 0.717) is 20.0 Å². The molecule has 0 amide bonds. The Morgan fingerprint density at radius 1 is 1.12 bits per heavy atom. The number of nitriles is 1. The molecular weight excluding hydrogens is 343 g/mol. The topological polar surface area (TPSA) is 53.8 Å². The molecule has 0 radical (unpaired) electrons. The Hall–Kier alpha value is -2.62. The number of thiophene rings is 1. The van der Waals surface area contributed by atoms with E-state index in [0.717, 1.165) is 10.2 Å². The van der Waals surface area contributed by atoms with Crippen molar-refractivity contribution in [3.8, 4) is 6.07 Å². The second-order valence-electron chi connectivity index (χ2n) is 5.21. The van der Waals surface area contributed by atoms with Crippen LogP contribution in [-0.2, 0) is 0 Å². The lowest BCUT2D eigenvalue weighted by Crippen LogP contribution is -2.09. The molecule has 0 unspecified atom stereocenters. The van der Waals surface area contributed by atoms with Crippen LogP contribution in [0.3, 0.4) is 0 Å². The van der Waals surface area contributed by atoms with E-state index in [4.69, 9.17) is 0 Å². The standard InChI is InChI=1S/C18H9FN2OS2/c19-12-4-3-7-14-10(12)8-16(23-14)17(22)11(9-20)18-21-13-5-1-2-6-15(13)24-18/h1-8,11H/t11-/m0/s1. The zero-order valence-electron chi connectivity index (χ0n) is 12.2. The zero-order valence-corrected chi connectivity index (χ0v) is 13.8. The van der Waals surface area contributed by atoms with E-state index in [1.807, 2.05) is 30.3 Å². The number of para-hydroxylation sites is 1. The smallest absolute Gasteiger partial charge is 0.196 e. The maximum Gasteiger partial charge on any atom is 0.196 e. The number of benzene rings is 2. The number of ketones is 1. The van der Waals surface area contributed by atoms with Crippen LogP contribution in [0.5, 0.6) is 0 Å². The van der Waals surface area contributed by atoms with Gasteiger partial charge in [0.25, 0.3) is 0 Å². The predicted octanol–water partition coefficient (Wildman–Crippen LogP) is 5.14. The first kappa shape index (κ1) is 14.9. The van der Waals surface area contributed by atoms with Crippen LogP contribution in [0.1, 0.15) is 20.6 Å². The number of rotatable bonds is 3. The Morgan fingerprint density at radius 2 is 1.92 bits per heavy atom. The van der Waals surface area contributed by atoms with E-state index in [1.54, 1.807) is 12.1 Å². The monoisotopic (exact) mass is 352 g/mol. The molecule has 116 valence electrons. The number of halogens is 1. The zero-order chi connectivity index (χ0) is 16.7. The van der Waals surface area contributed by atoms with Crippen LogP contribution < -0.4 is 0 Å². The lowest BCUT2D eigenvalue weighted by molar-refractivity contribution is 0.0983. The lowest BCUT2D eigenvalue weighted by atomic mass is 10.1. The predicted molar refractivity (Wildman–Crippen MR) is 94.1 cm³/mol. The first-order valence-corrected chi connectivity index (χ1v) is 8.78. The number of hydrogen-bond donors (Lipinski definition) is 0. The van der Waals surface area contributed by atoms with Crippen molar-refractivity contribution in [2.45, 2.75) is 5.92 Å². The van der Waals surface area contributed by atoms with Gasteiger partial charge in [-0.1, -0.05) is 18.2 Å². The van der Waals surface area contributed by atoms with Gasteiger partial charge in [0, 0.05) is 10.1 Å². The summed E-state index contributed by atoms with van der Waals surface area (Å²) >= 11 is 2.54. The molecule has 0 aliphatic heterocycles. The van der Waals surface area contributed by atoms with Gasteiger partial charge < -0.3 is 0 Å². The van der Waals surface area contributed by atoms with E-state index in [1.165, 1.54) is 34.8 Å². The normalized spacial score (nSPS) is 12.3. The number of hydrogen-bond acceptors (Lipinski definition) is 5. The summed E-state index contributed by atoms with van der Waals surface area (Å²) in [5.41, 5.74) is 0.771. The molecule has 1 atom stereocenters. The number of Topliss-reactive ketones (excluding diaryl/α,β-unsaturated/α-hetero) is 1. The summed E-state index contributed by atoms with van der Waals surface area (Å²) in [6.45, 7) is 0. The summed E-state index contributed by atoms with van der Waals surface area (Å²) in [6, 6.07) is 15.8. The van der Waals surface area contributed by atoms with Crippen molar-refractivity contribution in [3.05, 3.63) is 64.2 Å². The van der Waals surface area contributed by atoms with Crippen molar-refractivity contribution in [1.82, 2.24) is 4.98 Å². The Labute approximate surface area is 144 Å². The second-order valence-corrected chi connectivity index (χ2v) is 7.35. The van der Waals surface area contributed by atoms with Gasteiger partial charge in [0.15, 0.2) is 11.7 Å². The molecule has 4 aromatic rings. The highest BCUT2D eigenvalue weighted by Gasteiger charge is 2.27. The van der Waals surface area contributed by atoms with Crippen molar-refractivity contribution in [2.75, 3.05) is 0 Å². The third-order valence-electron chi connectivity index (χ3n) is 3.70. The molecule has 0 saturated carbocycles. The molecule has 2 aromatic carbocycles. The van der Waals surface area contributed by atoms with E-state index >= 15 is 0 Å². The van der Waals surface area contributed by atoms with E-state index in [2.05, 4.69) is 4.98 Å². The van der Waals surface area contributed by atoms with Crippen LogP contribution in [-0.4, -0.2) is 10.8 Å². The summed E-state index contributed by atoms with van der Waals surface area (Å²) in [5, 5.41) is 10.4. The molecule has 0 saturated heterocycles. The third-order valence-corrected chi connectivity index (χ3v) is 5.92. The lowest BCUT2D eigenvalue weighted by Gasteiger charge is -2.01. The van der Waals surface area contributed by atoms with Gasteiger partial charge in [-0.3, -0.25) is 4.79 Å². The Morgan fingerprint density at radius 3 is 2.67 bits per heavy atom. The Balaban J connectivity index is 1.77. The number of fused-ring (bicyclic) bond motifs is 2. The minimum Gasteiger partial charge on any atom is -0.291 e. The first-order valence-electron chi connectivity index (χ1n) is 7.15. The van der Waals surface area contributed by atoms with E-state index in [9.17, 15) is 14.4 Å². The van der Waals surface area contributed by atoms with Crippen LogP contribution >= 0.6 is 22.7 Å². The highest BCUT2D eigenvalue weighted by atomic mass is 32.1. The first-order chi connectivity index (χ1) is 11.7.